The topological polar surface area (TPSA) is 79.4 Å². The number of nitro benzene ring substituents is 1. The van der Waals surface area contributed by atoms with Gasteiger partial charge in [0.05, 0.1) is 24.5 Å². The zero-order chi connectivity index (χ0) is 13.5. The summed E-state index contributed by atoms with van der Waals surface area (Å²) in [6, 6.07) is 6.64. The highest BCUT2D eigenvalue weighted by Crippen LogP contribution is 2.32. The Morgan fingerprint density at radius 1 is 1.56 bits per heavy atom. The summed E-state index contributed by atoms with van der Waals surface area (Å²) in [4.78, 5) is 12.4. The Morgan fingerprint density at radius 2 is 2.28 bits per heavy atom. The van der Waals surface area contributed by atoms with Crippen molar-refractivity contribution in [2.75, 3.05) is 25.1 Å². The molecule has 96 valence electrons. The molecule has 0 heterocycles. The van der Waals surface area contributed by atoms with Crippen molar-refractivity contribution in [1.29, 1.82) is 5.26 Å². The van der Waals surface area contributed by atoms with Crippen LogP contribution in [0.5, 0.6) is 5.75 Å². The molecular formula is C12H15N3O3. The lowest BCUT2D eigenvalue weighted by atomic mass is 10.2. The fourth-order valence-electron chi connectivity index (χ4n) is 1.67. The number of methoxy groups -OCH3 is 1. The van der Waals surface area contributed by atoms with E-state index < -0.39 is 4.92 Å². The highest BCUT2D eigenvalue weighted by molar-refractivity contribution is 5.65. The molecule has 6 nitrogen and oxygen atoms in total. The molecule has 0 saturated heterocycles. The molecule has 0 amide bonds. The van der Waals surface area contributed by atoms with Crippen molar-refractivity contribution < 1.29 is 9.66 Å². The van der Waals surface area contributed by atoms with Crippen LogP contribution in [0.1, 0.15) is 13.3 Å². The molecule has 0 saturated carbocycles. The molecule has 0 bridgehead atoms. The minimum absolute atomic E-state index is 0.0237. The Kier molecular flexibility index (Phi) is 4.93. The molecule has 0 fully saturated rings. The maximum atomic E-state index is 11.0. The second kappa shape index (κ2) is 6.45. The van der Waals surface area contributed by atoms with Gasteiger partial charge in [0, 0.05) is 25.2 Å². The number of benzene rings is 1. The van der Waals surface area contributed by atoms with Crippen molar-refractivity contribution >= 4 is 11.4 Å². The molecule has 0 aliphatic heterocycles. The number of hydrogen-bond donors (Lipinski definition) is 0. The highest BCUT2D eigenvalue weighted by atomic mass is 16.6. The highest BCUT2D eigenvalue weighted by Gasteiger charge is 2.19. The summed E-state index contributed by atoms with van der Waals surface area (Å²) in [5.41, 5.74) is 0.507. The lowest BCUT2D eigenvalue weighted by Crippen LogP contribution is -2.24. The van der Waals surface area contributed by atoms with E-state index in [0.29, 0.717) is 30.9 Å². The molecule has 1 aromatic rings. The first-order valence-electron chi connectivity index (χ1n) is 5.58. The standard InChI is InChI=1S/C12H15N3O3/c1-3-14(8-4-7-13)12-9-10(18-2)5-6-11(12)15(16)17/h5-6,9H,3-4,8H2,1-2H3. The molecule has 0 aromatic heterocycles. The van der Waals surface area contributed by atoms with E-state index >= 15 is 0 Å². The SMILES string of the molecule is CCN(CCC#N)c1cc(OC)ccc1[N+](=O)[O-]. The monoisotopic (exact) mass is 249 g/mol. The number of rotatable bonds is 6. The van der Waals surface area contributed by atoms with Crippen molar-refractivity contribution in [1.82, 2.24) is 0 Å². The maximum Gasteiger partial charge on any atom is 0.292 e. The van der Waals surface area contributed by atoms with E-state index in [1.165, 1.54) is 13.2 Å². The van der Waals surface area contributed by atoms with Crippen LogP contribution < -0.4 is 9.64 Å². The number of hydrogen-bond acceptors (Lipinski definition) is 5. The lowest BCUT2D eigenvalue weighted by molar-refractivity contribution is -0.384. The van der Waals surface area contributed by atoms with Crippen LogP contribution in [0.3, 0.4) is 0 Å². The van der Waals surface area contributed by atoms with Crippen molar-refractivity contribution in [3.8, 4) is 11.8 Å². The van der Waals surface area contributed by atoms with E-state index in [4.69, 9.17) is 10.00 Å². The number of ether oxygens (including phenoxy) is 1. The van der Waals surface area contributed by atoms with Crippen LogP contribution in [0.4, 0.5) is 11.4 Å². The third-order valence-electron chi connectivity index (χ3n) is 2.60. The normalized spacial score (nSPS) is 9.61. The maximum absolute atomic E-state index is 11.0. The summed E-state index contributed by atoms with van der Waals surface area (Å²) >= 11 is 0. The van der Waals surface area contributed by atoms with E-state index in [1.807, 2.05) is 13.0 Å². The third-order valence-corrected chi connectivity index (χ3v) is 2.60. The van der Waals surface area contributed by atoms with Gasteiger partial charge in [-0.25, -0.2) is 0 Å². The van der Waals surface area contributed by atoms with Gasteiger partial charge >= 0.3 is 0 Å². The molecule has 0 N–H and O–H groups in total. The summed E-state index contributed by atoms with van der Waals surface area (Å²) in [7, 11) is 1.51. The van der Waals surface area contributed by atoms with E-state index in [0.717, 1.165) is 0 Å². The first-order chi connectivity index (χ1) is 8.63. The Bertz CT molecular complexity index is 468. The van der Waals surface area contributed by atoms with Crippen molar-refractivity contribution in [3.05, 3.63) is 28.3 Å². The van der Waals surface area contributed by atoms with Gasteiger partial charge in [0.25, 0.3) is 5.69 Å². The molecule has 0 radical (unpaired) electrons. The molecular weight excluding hydrogens is 234 g/mol. The van der Waals surface area contributed by atoms with Gasteiger partial charge in [-0.15, -0.1) is 0 Å². The second-order valence-corrected chi connectivity index (χ2v) is 3.60. The van der Waals surface area contributed by atoms with Crippen LogP contribution in [0.2, 0.25) is 0 Å². The van der Waals surface area contributed by atoms with E-state index in [-0.39, 0.29) is 5.69 Å². The summed E-state index contributed by atoms with van der Waals surface area (Å²) in [5, 5.41) is 19.6. The number of nitrogens with zero attached hydrogens (tertiary/aromatic N) is 3. The van der Waals surface area contributed by atoms with Crippen LogP contribution in [-0.4, -0.2) is 25.1 Å². The third kappa shape index (κ3) is 3.10. The number of nitriles is 1. The van der Waals surface area contributed by atoms with Crippen LogP contribution in [0.15, 0.2) is 18.2 Å². The molecule has 18 heavy (non-hydrogen) atoms. The zero-order valence-electron chi connectivity index (χ0n) is 10.4. The van der Waals surface area contributed by atoms with Gasteiger partial charge < -0.3 is 9.64 Å². The Hall–Kier alpha value is -2.29. The fourth-order valence-corrected chi connectivity index (χ4v) is 1.67. The summed E-state index contributed by atoms with van der Waals surface area (Å²) in [6.45, 7) is 2.94. The minimum Gasteiger partial charge on any atom is -0.497 e. The molecule has 0 aliphatic rings. The van der Waals surface area contributed by atoms with E-state index in [2.05, 4.69) is 0 Å². The number of nitro groups is 1. The average Bonchev–Trinajstić information content (AvgIpc) is 2.39. The zero-order valence-corrected chi connectivity index (χ0v) is 10.4. The van der Waals surface area contributed by atoms with Gasteiger partial charge in [0.1, 0.15) is 11.4 Å². The quantitative estimate of drug-likeness (QED) is 0.571. The summed E-state index contributed by atoms with van der Waals surface area (Å²) in [6.07, 6.45) is 0.322. The van der Waals surface area contributed by atoms with Gasteiger partial charge in [0.2, 0.25) is 0 Å². The van der Waals surface area contributed by atoms with E-state index in [9.17, 15) is 10.1 Å². The number of anilines is 1. The Labute approximate surface area is 106 Å². The molecule has 0 spiro atoms. The van der Waals surface area contributed by atoms with Gasteiger partial charge in [-0.3, -0.25) is 10.1 Å². The van der Waals surface area contributed by atoms with Gasteiger partial charge in [-0.1, -0.05) is 0 Å². The average molecular weight is 249 g/mol. The lowest BCUT2D eigenvalue weighted by Gasteiger charge is -2.21. The van der Waals surface area contributed by atoms with E-state index in [1.54, 1.807) is 17.0 Å². The van der Waals surface area contributed by atoms with Crippen LogP contribution in [0, 0.1) is 21.4 Å². The van der Waals surface area contributed by atoms with Crippen molar-refractivity contribution in [2.24, 2.45) is 0 Å². The molecule has 0 atom stereocenters. The first-order valence-corrected chi connectivity index (χ1v) is 5.58. The molecule has 0 unspecified atom stereocenters. The van der Waals surface area contributed by atoms with Crippen LogP contribution >= 0.6 is 0 Å². The van der Waals surface area contributed by atoms with Gasteiger partial charge in [-0.05, 0) is 13.0 Å². The van der Waals surface area contributed by atoms with Crippen molar-refractivity contribution in [3.63, 3.8) is 0 Å². The van der Waals surface area contributed by atoms with Gasteiger partial charge in [-0.2, -0.15) is 5.26 Å². The second-order valence-electron chi connectivity index (χ2n) is 3.60. The molecule has 1 rings (SSSR count). The largest absolute Gasteiger partial charge is 0.497 e. The van der Waals surface area contributed by atoms with Gasteiger partial charge in [0.15, 0.2) is 0 Å². The van der Waals surface area contributed by atoms with Crippen LogP contribution in [0.25, 0.3) is 0 Å². The Balaban J connectivity index is 3.16. The predicted octanol–water partition coefficient (Wildman–Crippen LogP) is 2.34. The first kappa shape index (κ1) is 13.8. The molecule has 6 heteroatoms. The predicted molar refractivity (Wildman–Crippen MR) is 67.8 cm³/mol. The minimum atomic E-state index is -0.427. The summed E-state index contributed by atoms with van der Waals surface area (Å²) in [5.74, 6) is 0.561. The molecule has 0 aliphatic carbocycles. The van der Waals surface area contributed by atoms with Crippen LogP contribution in [-0.2, 0) is 0 Å². The molecule has 1 aromatic carbocycles. The van der Waals surface area contributed by atoms with Crippen molar-refractivity contribution in [2.45, 2.75) is 13.3 Å². The Morgan fingerprint density at radius 3 is 2.78 bits per heavy atom. The summed E-state index contributed by atoms with van der Waals surface area (Å²) < 4.78 is 5.07. The fraction of sp³-hybridized carbons (Fsp3) is 0.417. The smallest absolute Gasteiger partial charge is 0.292 e.